The van der Waals surface area contributed by atoms with Crippen molar-refractivity contribution < 1.29 is 50.2 Å². The van der Waals surface area contributed by atoms with E-state index in [-0.39, 0.29) is 27.1 Å². The molecule has 2 aromatic carbocycles. The Morgan fingerprint density at radius 3 is 1.89 bits per heavy atom. The van der Waals surface area contributed by atoms with Gasteiger partial charge in [-0.1, -0.05) is 12.1 Å². The van der Waals surface area contributed by atoms with E-state index in [2.05, 4.69) is 4.72 Å². The van der Waals surface area contributed by atoms with Crippen LogP contribution in [-0.2, 0) is 29.9 Å². The molecular weight excluding hydrogens is 564 g/mol. The molecule has 0 amide bonds. The molecule has 1 aliphatic heterocycles. The Morgan fingerprint density at radius 1 is 0.921 bits per heavy atom. The zero-order valence-corrected chi connectivity index (χ0v) is 22.7. The summed E-state index contributed by atoms with van der Waals surface area (Å²) in [6.45, 7) is 1.65. The molecule has 0 spiro atoms. The molecule has 0 aromatic heterocycles. The van der Waals surface area contributed by atoms with Gasteiger partial charge in [0.25, 0.3) is 0 Å². The van der Waals surface area contributed by atoms with Gasteiger partial charge < -0.3 is 15.3 Å². The van der Waals surface area contributed by atoms with Crippen LogP contribution in [0.15, 0.2) is 46.2 Å². The van der Waals surface area contributed by atoms with E-state index in [1.54, 1.807) is 0 Å². The molecule has 38 heavy (non-hydrogen) atoms. The highest BCUT2D eigenvalue weighted by Gasteiger charge is 2.45. The zero-order chi connectivity index (χ0) is 28.6. The standard InChI is InChI=1S/C22H26N2O11S3/c1-13-3-5-15(21(26)27)9-19(13)37(32,33)23-7-8-24(17-11-36(30,31)12-18(17)25)38(34,35)20-10-16(22(28)29)6-4-14(20)2/h3-6,9-10,17-18,23,25H,7-8,11-12H2,1-2H3,(H,26,27)(H,28,29)/t17-,18+/m1/s1. The molecule has 1 aliphatic rings. The number of aliphatic hydroxyl groups is 1. The van der Waals surface area contributed by atoms with Crippen molar-refractivity contribution in [1.29, 1.82) is 0 Å². The minimum Gasteiger partial charge on any atom is -0.478 e. The molecule has 1 heterocycles. The number of aliphatic hydroxyl groups excluding tert-OH is 1. The topological polar surface area (TPSA) is 213 Å². The maximum absolute atomic E-state index is 13.7. The van der Waals surface area contributed by atoms with E-state index in [1.165, 1.54) is 38.1 Å². The number of hydrogen-bond acceptors (Lipinski definition) is 9. The van der Waals surface area contributed by atoms with E-state index in [4.69, 9.17) is 0 Å². The molecule has 2 atom stereocenters. The van der Waals surface area contributed by atoms with Crippen LogP contribution in [0.3, 0.4) is 0 Å². The van der Waals surface area contributed by atoms with Crippen molar-refractivity contribution in [3.63, 3.8) is 0 Å². The maximum Gasteiger partial charge on any atom is 0.335 e. The van der Waals surface area contributed by atoms with Crippen LogP contribution in [0.4, 0.5) is 0 Å². The summed E-state index contributed by atoms with van der Waals surface area (Å²) in [5, 5.41) is 28.9. The Balaban J connectivity index is 1.98. The molecular formula is C22H26N2O11S3. The summed E-state index contributed by atoms with van der Waals surface area (Å²) in [5.41, 5.74) is -0.251. The summed E-state index contributed by atoms with van der Waals surface area (Å²) in [5.74, 6) is -4.18. The highest BCUT2D eigenvalue weighted by molar-refractivity contribution is 7.92. The van der Waals surface area contributed by atoms with Crippen LogP contribution in [0.5, 0.6) is 0 Å². The minimum atomic E-state index is -4.63. The lowest BCUT2D eigenvalue weighted by Gasteiger charge is -2.30. The Labute approximate surface area is 219 Å². The van der Waals surface area contributed by atoms with Gasteiger partial charge in [0.2, 0.25) is 20.0 Å². The number of nitrogens with zero attached hydrogens (tertiary/aromatic N) is 1. The fraction of sp³-hybridized carbons (Fsp3) is 0.364. The normalized spacial score (nSPS) is 19.5. The SMILES string of the molecule is Cc1ccc(C(=O)O)cc1S(=O)(=O)NCCN([C@@H]1CS(=O)(=O)C[C@@H]1O)S(=O)(=O)c1cc(C(=O)O)ccc1C. The third-order valence-corrected chi connectivity index (χ3v) is 11.4. The van der Waals surface area contributed by atoms with Crippen LogP contribution < -0.4 is 4.72 Å². The van der Waals surface area contributed by atoms with Crippen molar-refractivity contribution in [3.05, 3.63) is 58.7 Å². The number of hydrogen-bond donors (Lipinski definition) is 4. The van der Waals surface area contributed by atoms with Gasteiger partial charge in [0.05, 0.1) is 44.6 Å². The average molecular weight is 591 g/mol. The molecule has 0 bridgehead atoms. The second kappa shape index (κ2) is 10.7. The van der Waals surface area contributed by atoms with E-state index < -0.39 is 83.5 Å². The number of carbonyl (C=O) groups is 2. The number of aryl methyl sites for hydroxylation is 2. The first kappa shape index (κ1) is 29.7. The molecule has 208 valence electrons. The van der Waals surface area contributed by atoms with Crippen molar-refractivity contribution >= 4 is 41.8 Å². The van der Waals surface area contributed by atoms with Gasteiger partial charge in [0.15, 0.2) is 9.84 Å². The second-order valence-corrected chi connectivity index (χ2v) is 14.5. The monoisotopic (exact) mass is 590 g/mol. The fourth-order valence-corrected chi connectivity index (χ4v) is 9.17. The Hall–Kier alpha value is -2.89. The molecule has 2 aromatic rings. The molecule has 0 unspecified atom stereocenters. The van der Waals surface area contributed by atoms with Crippen LogP contribution in [0, 0.1) is 13.8 Å². The summed E-state index contributed by atoms with van der Waals surface area (Å²) in [7, 11) is -12.8. The van der Waals surface area contributed by atoms with Gasteiger partial charge in [0.1, 0.15) is 0 Å². The van der Waals surface area contributed by atoms with E-state index in [0.29, 0.717) is 4.31 Å². The Bertz CT molecular complexity index is 1600. The van der Waals surface area contributed by atoms with E-state index in [9.17, 15) is 50.2 Å². The van der Waals surface area contributed by atoms with Gasteiger partial charge in [-0.15, -0.1) is 0 Å². The molecule has 16 heteroatoms. The van der Waals surface area contributed by atoms with Gasteiger partial charge in [-0.3, -0.25) is 0 Å². The van der Waals surface area contributed by atoms with Crippen molar-refractivity contribution in [2.75, 3.05) is 24.6 Å². The predicted octanol–water partition coefficient (Wildman–Crippen LogP) is -0.173. The van der Waals surface area contributed by atoms with E-state index in [1.807, 2.05) is 0 Å². The smallest absolute Gasteiger partial charge is 0.335 e. The van der Waals surface area contributed by atoms with Gasteiger partial charge in [0, 0.05) is 13.1 Å². The lowest BCUT2D eigenvalue weighted by molar-refractivity contribution is 0.0685. The van der Waals surface area contributed by atoms with Crippen LogP contribution in [0.25, 0.3) is 0 Å². The van der Waals surface area contributed by atoms with E-state index in [0.717, 1.165) is 12.1 Å². The number of sulfone groups is 1. The number of carboxylic acid groups (broad SMARTS) is 2. The molecule has 3 rings (SSSR count). The highest BCUT2D eigenvalue weighted by atomic mass is 32.2. The molecule has 0 aliphatic carbocycles. The van der Waals surface area contributed by atoms with Crippen LogP contribution >= 0.6 is 0 Å². The molecule has 4 N–H and O–H groups in total. The second-order valence-electron chi connectivity index (χ2n) is 8.80. The number of rotatable bonds is 10. The van der Waals surface area contributed by atoms with Crippen LogP contribution in [0.1, 0.15) is 31.8 Å². The molecule has 0 radical (unpaired) electrons. The van der Waals surface area contributed by atoms with Gasteiger partial charge in [-0.05, 0) is 49.2 Å². The lowest BCUT2D eigenvalue weighted by atomic mass is 10.1. The van der Waals surface area contributed by atoms with Crippen LogP contribution in [0.2, 0.25) is 0 Å². The third-order valence-electron chi connectivity index (χ3n) is 6.03. The van der Waals surface area contributed by atoms with Crippen molar-refractivity contribution in [2.45, 2.75) is 35.8 Å². The lowest BCUT2D eigenvalue weighted by Crippen LogP contribution is -2.49. The predicted molar refractivity (Wildman–Crippen MR) is 134 cm³/mol. The number of sulfonamides is 2. The van der Waals surface area contributed by atoms with Gasteiger partial charge in [-0.25, -0.2) is 39.6 Å². The highest BCUT2D eigenvalue weighted by Crippen LogP contribution is 2.28. The summed E-state index contributed by atoms with van der Waals surface area (Å²) in [6, 6.07) is 5.37. The van der Waals surface area contributed by atoms with Crippen molar-refractivity contribution in [1.82, 2.24) is 9.03 Å². The Kier molecular flexibility index (Phi) is 8.35. The number of carboxylic acids is 2. The Morgan fingerprint density at radius 2 is 1.42 bits per heavy atom. The first-order chi connectivity index (χ1) is 17.5. The zero-order valence-electron chi connectivity index (χ0n) is 20.2. The van der Waals surface area contributed by atoms with Crippen molar-refractivity contribution in [3.8, 4) is 0 Å². The largest absolute Gasteiger partial charge is 0.478 e. The van der Waals surface area contributed by atoms with Gasteiger partial charge in [-0.2, -0.15) is 4.31 Å². The van der Waals surface area contributed by atoms with E-state index >= 15 is 0 Å². The quantitative estimate of drug-likeness (QED) is 0.285. The van der Waals surface area contributed by atoms with Crippen LogP contribution in [-0.4, -0.2) is 93.6 Å². The number of benzene rings is 2. The fourth-order valence-electron chi connectivity index (χ4n) is 4.08. The molecule has 1 fully saturated rings. The van der Waals surface area contributed by atoms with Gasteiger partial charge >= 0.3 is 11.9 Å². The van der Waals surface area contributed by atoms with Crippen molar-refractivity contribution in [2.24, 2.45) is 0 Å². The summed E-state index contributed by atoms with van der Waals surface area (Å²) < 4.78 is 80.3. The third kappa shape index (κ3) is 6.22. The molecule has 13 nitrogen and oxygen atoms in total. The summed E-state index contributed by atoms with van der Waals surface area (Å²) >= 11 is 0. The summed E-state index contributed by atoms with van der Waals surface area (Å²) in [4.78, 5) is 21.9. The first-order valence-electron chi connectivity index (χ1n) is 11.0. The first-order valence-corrected chi connectivity index (χ1v) is 15.8. The maximum atomic E-state index is 13.7. The molecule has 1 saturated heterocycles. The molecule has 0 saturated carbocycles. The number of nitrogens with one attached hydrogen (secondary N) is 1. The summed E-state index contributed by atoms with van der Waals surface area (Å²) in [6.07, 6.45) is -1.61. The minimum absolute atomic E-state index is 0.150. The average Bonchev–Trinajstić information content (AvgIpc) is 3.07. The number of aromatic carboxylic acids is 2.